The van der Waals surface area contributed by atoms with E-state index in [4.69, 9.17) is 4.74 Å². The number of aliphatic hydroxyl groups is 1. The molecule has 4 nitrogen and oxygen atoms in total. The molecule has 0 unspecified atom stereocenters. The van der Waals surface area contributed by atoms with Crippen LogP contribution in [0.3, 0.4) is 0 Å². The smallest absolute Gasteiger partial charge is 0.0639 e. The predicted octanol–water partition coefficient (Wildman–Crippen LogP) is 1.97. The first-order chi connectivity index (χ1) is 10.1. The molecular formula is C17H34N2O2. The van der Waals surface area contributed by atoms with Crippen LogP contribution >= 0.6 is 0 Å². The first kappa shape index (κ1) is 17.2. The van der Waals surface area contributed by atoms with E-state index in [0.29, 0.717) is 12.1 Å². The van der Waals surface area contributed by atoms with E-state index < -0.39 is 0 Å². The van der Waals surface area contributed by atoms with Crippen LogP contribution in [0.25, 0.3) is 0 Å². The zero-order chi connectivity index (χ0) is 15.2. The van der Waals surface area contributed by atoms with Crippen molar-refractivity contribution in [2.45, 2.75) is 64.7 Å². The molecule has 0 aromatic heterocycles. The second kappa shape index (κ2) is 8.47. The molecule has 21 heavy (non-hydrogen) atoms. The summed E-state index contributed by atoms with van der Waals surface area (Å²) >= 11 is 0. The van der Waals surface area contributed by atoms with Crippen LogP contribution in [0.4, 0.5) is 0 Å². The first-order valence-electron chi connectivity index (χ1n) is 8.82. The number of hydrogen-bond donors (Lipinski definition) is 1. The van der Waals surface area contributed by atoms with Crippen molar-refractivity contribution in [2.24, 2.45) is 5.92 Å². The average Bonchev–Trinajstić information content (AvgIpc) is 2.43. The van der Waals surface area contributed by atoms with Gasteiger partial charge >= 0.3 is 0 Å². The van der Waals surface area contributed by atoms with Crippen molar-refractivity contribution >= 4 is 0 Å². The van der Waals surface area contributed by atoms with Gasteiger partial charge in [-0.25, -0.2) is 0 Å². The quantitative estimate of drug-likeness (QED) is 0.813. The number of β-amino-alcohol motifs (C(OH)–C–C–N with tert-alkyl or cyclic N) is 1. The Labute approximate surface area is 130 Å². The highest BCUT2D eigenvalue weighted by molar-refractivity contribution is 4.80. The number of nitrogens with zero attached hydrogens (tertiary/aromatic N) is 2. The number of hydrogen-bond acceptors (Lipinski definition) is 4. The lowest BCUT2D eigenvalue weighted by Crippen LogP contribution is -2.54. The fraction of sp³-hybridized carbons (Fsp3) is 1.00. The Bertz CT molecular complexity index is 299. The van der Waals surface area contributed by atoms with Crippen molar-refractivity contribution in [2.75, 3.05) is 39.3 Å². The Morgan fingerprint density at radius 2 is 1.95 bits per heavy atom. The molecule has 1 N–H and O–H groups in total. The lowest BCUT2D eigenvalue weighted by atomic mass is 9.88. The molecule has 2 aliphatic rings. The molecular weight excluding hydrogens is 264 g/mol. The summed E-state index contributed by atoms with van der Waals surface area (Å²) in [6, 6.07) is 0.530. The van der Waals surface area contributed by atoms with Gasteiger partial charge in [0.25, 0.3) is 0 Å². The third-order valence-corrected chi connectivity index (χ3v) is 5.12. The maximum absolute atomic E-state index is 9.52. The highest BCUT2D eigenvalue weighted by Gasteiger charge is 2.25. The molecule has 0 radical (unpaired) electrons. The van der Waals surface area contributed by atoms with Gasteiger partial charge in [0.05, 0.1) is 18.8 Å². The van der Waals surface area contributed by atoms with Crippen LogP contribution in [0.5, 0.6) is 0 Å². The van der Waals surface area contributed by atoms with Crippen molar-refractivity contribution in [1.82, 2.24) is 9.80 Å². The molecule has 0 bridgehead atoms. The summed E-state index contributed by atoms with van der Waals surface area (Å²) in [7, 11) is 0. The number of aliphatic hydroxyl groups excluding tert-OH is 1. The van der Waals surface area contributed by atoms with Gasteiger partial charge in [0.15, 0.2) is 0 Å². The molecule has 2 rings (SSSR count). The van der Waals surface area contributed by atoms with Crippen molar-refractivity contribution in [3.63, 3.8) is 0 Å². The molecule has 0 spiro atoms. The highest BCUT2D eigenvalue weighted by Crippen LogP contribution is 2.26. The van der Waals surface area contributed by atoms with Crippen molar-refractivity contribution in [3.8, 4) is 0 Å². The van der Waals surface area contributed by atoms with E-state index in [1.807, 2.05) is 6.92 Å². The molecule has 4 atom stereocenters. The van der Waals surface area contributed by atoms with E-state index in [-0.39, 0.29) is 6.10 Å². The van der Waals surface area contributed by atoms with Gasteiger partial charge in [-0.05, 0) is 32.6 Å². The van der Waals surface area contributed by atoms with Crippen LogP contribution in [0.15, 0.2) is 0 Å². The lowest BCUT2D eigenvalue weighted by molar-refractivity contribution is -0.0241. The standard InChI is InChI=1S/C17H34N2O2/c1-14-6-4-5-7-17(14)21-11-10-18-8-9-19(13-16(3)20)15(2)12-18/h14-17,20H,4-13H2,1-3H3/t14-,15-,16+,17-/m1/s1. The second-order valence-corrected chi connectivity index (χ2v) is 7.16. The van der Waals surface area contributed by atoms with Crippen molar-refractivity contribution in [1.29, 1.82) is 0 Å². The third-order valence-electron chi connectivity index (χ3n) is 5.12. The molecule has 0 aromatic carbocycles. The zero-order valence-corrected chi connectivity index (χ0v) is 14.1. The summed E-state index contributed by atoms with van der Waals surface area (Å²) in [5.74, 6) is 0.737. The van der Waals surface area contributed by atoms with Gasteiger partial charge in [-0.2, -0.15) is 0 Å². The maximum Gasteiger partial charge on any atom is 0.0639 e. The largest absolute Gasteiger partial charge is 0.392 e. The van der Waals surface area contributed by atoms with E-state index in [2.05, 4.69) is 23.6 Å². The van der Waals surface area contributed by atoms with E-state index in [9.17, 15) is 5.11 Å². The number of ether oxygens (including phenoxy) is 1. The Morgan fingerprint density at radius 1 is 1.19 bits per heavy atom. The van der Waals surface area contributed by atoms with E-state index >= 15 is 0 Å². The zero-order valence-electron chi connectivity index (χ0n) is 14.1. The maximum atomic E-state index is 9.52. The van der Waals surface area contributed by atoms with E-state index in [1.54, 1.807) is 0 Å². The predicted molar refractivity (Wildman–Crippen MR) is 86.5 cm³/mol. The van der Waals surface area contributed by atoms with Gasteiger partial charge in [0.1, 0.15) is 0 Å². The van der Waals surface area contributed by atoms with Gasteiger partial charge < -0.3 is 9.84 Å². The summed E-state index contributed by atoms with van der Waals surface area (Å²) < 4.78 is 6.13. The molecule has 4 heteroatoms. The van der Waals surface area contributed by atoms with Crippen LogP contribution in [0.2, 0.25) is 0 Å². The van der Waals surface area contributed by atoms with Gasteiger partial charge in [0, 0.05) is 38.8 Å². The molecule has 1 aliphatic heterocycles. The Balaban J connectivity index is 1.63. The minimum Gasteiger partial charge on any atom is -0.392 e. The topological polar surface area (TPSA) is 35.9 Å². The monoisotopic (exact) mass is 298 g/mol. The van der Waals surface area contributed by atoms with Crippen LogP contribution in [-0.2, 0) is 4.74 Å². The summed E-state index contributed by atoms with van der Waals surface area (Å²) in [5, 5.41) is 9.52. The minimum atomic E-state index is -0.227. The Morgan fingerprint density at radius 3 is 2.62 bits per heavy atom. The summed E-state index contributed by atoms with van der Waals surface area (Å²) in [4.78, 5) is 4.90. The van der Waals surface area contributed by atoms with Gasteiger partial charge in [-0.3, -0.25) is 9.80 Å². The van der Waals surface area contributed by atoms with Crippen LogP contribution in [0, 0.1) is 5.92 Å². The van der Waals surface area contributed by atoms with Gasteiger partial charge in [-0.15, -0.1) is 0 Å². The molecule has 0 aromatic rings. The Kier molecular flexibility index (Phi) is 6.93. The third kappa shape index (κ3) is 5.51. The molecule has 0 amide bonds. The number of piperazine rings is 1. The SMILES string of the molecule is C[C@H](O)CN1CCN(CCO[C@@H]2CCCC[C@H]2C)C[C@H]1C. The van der Waals surface area contributed by atoms with E-state index in [1.165, 1.54) is 25.7 Å². The van der Waals surface area contributed by atoms with Crippen LogP contribution < -0.4 is 0 Å². The number of rotatable bonds is 6. The lowest BCUT2D eigenvalue weighted by Gasteiger charge is -2.40. The summed E-state index contributed by atoms with van der Waals surface area (Å²) in [6.45, 7) is 12.4. The molecule has 1 saturated carbocycles. The first-order valence-corrected chi connectivity index (χ1v) is 8.82. The second-order valence-electron chi connectivity index (χ2n) is 7.16. The average molecular weight is 298 g/mol. The molecule has 124 valence electrons. The summed E-state index contributed by atoms with van der Waals surface area (Å²) in [5.41, 5.74) is 0. The fourth-order valence-corrected chi connectivity index (χ4v) is 3.75. The molecule has 2 fully saturated rings. The molecule has 1 saturated heterocycles. The van der Waals surface area contributed by atoms with Crippen LogP contribution in [-0.4, -0.2) is 72.5 Å². The summed E-state index contributed by atoms with van der Waals surface area (Å²) in [6.07, 6.45) is 5.57. The van der Waals surface area contributed by atoms with Crippen molar-refractivity contribution < 1.29 is 9.84 Å². The fourth-order valence-electron chi connectivity index (χ4n) is 3.75. The van der Waals surface area contributed by atoms with Gasteiger partial charge in [0.2, 0.25) is 0 Å². The van der Waals surface area contributed by atoms with E-state index in [0.717, 1.165) is 45.2 Å². The molecule has 1 heterocycles. The highest BCUT2D eigenvalue weighted by atomic mass is 16.5. The van der Waals surface area contributed by atoms with Crippen LogP contribution in [0.1, 0.15) is 46.5 Å². The van der Waals surface area contributed by atoms with Gasteiger partial charge in [-0.1, -0.05) is 19.8 Å². The molecule has 1 aliphatic carbocycles. The Hall–Kier alpha value is -0.160. The minimum absolute atomic E-state index is 0.227. The normalized spacial score (nSPS) is 34.0. The van der Waals surface area contributed by atoms with Crippen molar-refractivity contribution in [3.05, 3.63) is 0 Å².